The normalized spacial score (nSPS) is 44.8. The highest BCUT2D eigenvalue weighted by molar-refractivity contribution is 4.89. The number of aliphatic hydroxyl groups excluding tert-OH is 5. The van der Waals surface area contributed by atoms with Gasteiger partial charge in [0.1, 0.15) is 24.4 Å². The van der Waals surface area contributed by atoms with Crippen LogP contribution in [0.3, 0.4) is 0 Å². The van der Waals surface area contributed by atoms with Gasteiger partial charge in [0, 0.05) is 0 Å². The molecule has 0 aromatic heterocycles. The molecule has 1 aliphatic rings. The molecule has 72 valence electrons. The zero-order valence-electron chi connectivity index (χ0n) is 6.24. The third-order valence-electron chi connectivity index (χ3n) is 1.84. The zero-order chi connectivity index (χ0) is 9.30. The highest BCUT2D eigenvalue weighted by atomic mass is 16.6. The summed E-state index contributed by atoms with van der Waals surface area (Å²) in [6.07, 6.45) is -6.75. The Morgan fingerprint density at radius 1 is 1.17 bits per heavy atom. The molecule has 6 nitrogen and oxygen atoms in total. The summed E-state index contributed by atoms with van der Waals surface area (Å²) >= 11 is 0. The number of hydrogen-bond acceptors (Lipinski definition) is 6. The molecule has 12 heavy (non-hydrogen) atoms. The van der Waals surface area contributed by atoms with E-state index in [2.05, 4.69) is 4.74 Å². The summed E-state index contributed by atoms with van der Waals surface area (Å²) in [7, 11) is 0. The second-order valence-electron chi connectivity index (χ2n) is 2.72. The number of aliphatic hydroxyl groups is 5. The SMILES string of the molecule is OC[C@H](O)[C@@H]1O[C@@H](O)[C@H](O)[C@@H]1O. The lowest BCUT2D eigenvalue weighted by atomic mass is 10.1. The summed E-state index contributed by atoms with van der Waals surface area (Å²) in [5.41, 5.74) is 0. The zero-order valence-corrected chi connectivity index (χ0v) is 6.24. The molecule has 1 saturated heterocycles. The van der Waals surface area contributed by atoms with E-state index in [1.54, 1.807) is 0 Å². The summed E-state index contributed by atoms with van der Waals surface area (Å²) in [4.78, 5) is 0. The van der Waals surface area contributed by atoms with Crippen molar-refractivity contribution in [1.29, 1.82) is 0 Å². The molecule has 0 amide bonds. The van der Waals surface area contributed by atoms with E-state index in [1.165, 1.54) is 0 Å². The van der Waals surface area contributed by atoms with E-state index in [-0.39, 0.29) is 0 Å². The summed E-state index contributed by atoms with van der Waals surface area (Å²) < 4.78 is 4.58. The van der Waals surface area contributed by atoms with Crippen molar-refractivity contribution >= 4 is 0 Å². The molecule has 5 N–H and O–H groups in total. The van der Waals surface area contributed by atoms with Gasteiger partial charge >= 0.3 is 0 Å². The van der Waals surface area contributed by atoms with Gasteiger partial charge < -0.3 is 30.3 Å². The lowest BCUT2D eigenvalue weighted by Gasteiger charge is -2.18. The smallest absolute Gasteiger partial charge is 0.184 e. The maximum absolute atomic E-state index is 9.12. The van der Waals surface area contributed by atoms with Gasteiger partial charge in [0.05, 0.1) is 6.61 Å². The molecule has 0 bridgehead atoms. The van der Waals surface area contributed by atoms with Gasteiger partial charge in [-0.05, 0) is 0 Å². The summed E-state index contributed by atoms with van der Waals surface area (Å²) in [6, 6.07) is 0. The number of hydrogen-bond donors (Lipinski definition) is 5. The lowest BCUT2D eigenvalue weighted by Crippen LogP contribution is -2.40. The lowest BCUT2D eigenvalue weighted by molar-refractivity contribution is -0.150. The average Bonchev–Trinajstić information content (AvgIpc) is 2.32. The van der Waals surface area contributed by atoms with Crippen LogP contribution in [0.15, 0.2) is 0 Å². The molecule has 1 fully saturated rings. The van der Waals surface area contributed by atoms with Gasteiger partial charge in [-0.25, -0.2) is 0 Å². The first-order valence-electron chi connectivity index (χ1n) is 3.56. The minimum absolute atomic E-state index is 0.596. The number of rotatable bonds is 2. The molecule has 1 aliphatic heterocycles. The summed E-state index contributed by atoms with van der Waals surface area (Å²) in [5.74, 6) is 0. The minimum atomic E-state index is -1.51. The van der Waals surface area contributed by atoms with Crippen molar-refractivity contribution in [3.8, 4) is 0 Å². The Kier molecular flexibility index (Phi) is 2.99. The second kappa shape index (κ2) is 3.65. The topological polar surface area (TPSA) is 110 Å². The van der Waals surface area contributed by atoms with Crippen LogP contribution in [0.25, 0.3) is 0 Å². The van der Waals surface area contributed by atoms with Crippen LogP contribution >= 0.6 is 0 Å². The van der Waals surface area contributed by atoms with Crippen LogP contribution in [-0.2, 0) is 4.74 Å². The maximum Gasteiger partial charge on any atom is 0.184 e. The van der Waals surface area contributed by atoms with Crippen molar-refractivity contribution < 1.29 is 30.3 Å². The molecule has 0 spiro atoms. The number of ether oxygens (including phenoxy) is 1. The molecule has 6 heteroatoms. The Hall–Kier alpha value is -0.240. The standard InChI is InChI=1S/C6H12O6/c7-1-2(8)5-3(9)4(10)6(11)12-5/h2-11H,1H2/t2-,3-,4+,5-,6+/m0/s1. The fourth-order valence-corrected chi connectivity index (χ4v) is 1.11. The van der Waals surface area contributed by atoms with Gasteiger partial charge in [0.25, 0.3) is 0 Å². The van der Waals surface area contributed by atoms with E-state index in [9.17, 15) is 0 Å². The Morgan fingerprint density at radius 2 is 1.75 bits per heavy atom. The van der Waals surface area contributed by atoms with Crippen molar-refractivity contribution in [2.45, 2.75) is 30.7 Å². The molecular weight excluding hydrogens is 168 g/mol. The van der Waals surface area contributed by atoms with Crippen LogP contribution in [0.4, 0.5) is 0 Å². The molecule has 5 atom stereocenters. The molecule has 0 aromatic carbocycles. The van der Waals surface area contributed by atoms with E-state index < -0.39 is 37.3 Å². The molecule has 0 unspecified atom stereocenters. The first kappa shape index (κ1) is 9.85. The Labute approximate surface area is 68.6 Å². The van der Waals surface area contributed by atoms with Crippen LogP contribution in [0.2, 0.25) is 0 Å². The quantitative estimate of drug-likeness (QED) is 0.306. The van der Waals surface area contributed by atoms with Gasteiger partial charge in [0.15, 0.2) is 6.29 Å². The van der Waals surface area contributed by atoms with Gasteiger partial charge in [-0.3, -0.25) is 0 Å². The minimum Gasteiger partial charge on any atom is -0.394 e. The fraction of sp³-hybridized carbons (Fsp3) is 1.00. The largest absolute Gasteiger partial charge is 0.394 e. The van der Waals surface area contributed by atoms with Crippen molar-refractivity contribution in [1.82, 2.24) is 0 Å². The van der Waals surface area contributed by atoms with Crippen LogP contribution in [0.5, 0.6) is 0 Å². The van der Waals surface area contributed by atoms with Crippen molar-refractivity contribution in [3.63, 3.8) is 0 Å². The second-order valence-corrected chi connectivity index (χ2v) is 2.72. The predicted octanol–water partition coefficient (Wildman–Crippen LogP) is -3.22. The van der Waals surface area contributed by atoms with E-state index in [0.29, 0.717) is 0 Å². The predicted molar refractivity (Wildman–Crippen MR) is 36.0 cm³/mol. The molecule has 0 saturated carbocycles. The van der Waals surface area contributed by atoms with Crippen LogP contribution < -0.4 is 0 Å². The highest BCUT2D eigenvalue weighted by Gasteiger charge is 2.44. The van der Waals surface area contributed by atoms with Crippen LogP contribution in [0, 0.1) is 0 Å². The third kappa shape index (κ3) is 1.58. The Morgan fingerprint density at radius 3 is 2.08 bits per heavy atom. The molecule has 0 radical (unpaired) electrons. The van der Waals surface area contributed by atoms with Gasteiger partial charge in [-0.15, -0.1) is 0 Å². The van der Waals surface area contributed by atoms with Crippen molar-refractivity contribution in [3.05, 3.63) is 0 Å². The van der Waals surface area contributed by atoms with Crippen molar-refractivity contribution in [2.24, 2.45) is 0 Å². The first-order chi connectivity index (χ1) is 5.57. The monoisotopic (exact) mass is 180 g/mol. The molecular formula is C6H12O6. The fourth-order valence-electron chi connectivity index (χ4n) is 1.11. The third-order valence-corrected chi connectivity index (χ3v) is 1.84. The van der Waals surface area contributed by atoms with E-state index in [4.69, 9.17) is 25.5 Å². The van der Waals surface area contributed by atoms with Crippen LogP contribution in [0.1, 0.15) is 0 Å². The van der Waals surface area contributed by atoms with Gasteiger partial charge in [-0.1, -0.05) is 0 Å². The molecule has 1 rings (SSSR count). The highest BCUT2D eigenvalue weighted by Crippen LogP contribution is 2.21. The Balaban J connectivity index is 2.58. The van der Waals surface area contributed by atoms with Gasteiger partial charge in [0.2, 0.25) is 0 Å². The summed E-state index contributed by atoms with van der Waals surface area (Å²) in [6.45, 7) is -0.596. The average molecular weight is 180 g/mol. The molecule has 0 aliphatic carbocycles. The van der Waals surface area contributed by atoms with Gasteiger partial charge in [-0.2, -0.15) is 0 Å². The first-order valence-corrected chi connectivity index (χ1v) is 3.56. The van der Waals surface area contributed by atoms with E-state index in [1.807, 2.05) is 0 Å². The van der Waals surface area contributed by atoms with Crippen molar-refractivity contribution in [2.75, 3.05) is 6.61 Å². The molecule has 0 aromatic rings. The maximum atomic E-state index is 9.12. The molecule has 1 heterocycles. The summed E-state index contributed by atoms with van der Waals surface area (Å²) in [5, 5.41) is 44.4. The van der Waals surface area contributed by atoms with E-state index >= 15 is 0 Å². The van der Waals surface area contributed by atoms with Crippen LogP contribution in [-0.4, -0.2) is 62.8 Å². The van der Waals surface area contributed by atoms with E-state index in [0.717, 1.165) is 0 Å². The Bertz CT molecular complexity index is 151.